The molecule has 4 nitrogen and oxygen atoms in total. The summed E-state index contributed by atoms with van der Waals surface area (Å²) in [7, 11) is 0. The van der Waals surface area contributed by atoms with E-state index >= 15 is 0 Å². The van der Waals surface area contributed by atoms with Gasteiger partial charge in [-0.3, -0.25) is 0 Å². The van der Waals surface area contributed by atoms with Crippen molar-refractivity contribution in [1.82, 2.24) is 10.6 Å². The second-order valence-corrected chi connectivity index (χ2v) is 7.17. The number of benzene rings is 1. The molecule has 1 amide bonds. The molecular formula is C19H32N2O2. The third-order valence-corrected chi connectivity index (χ3v) is 3.46. The molecule has 0 heterocycles. The number of rotatable bonds is 8. The summed E-state index contributed by atoms with van der Waals surface area (Å²) in [6.07, 6.45) is 2.76. The fourth-order valence-electron chi connectivity index (χ4n) is 2.29. The Bertz CT molecular complexity index is 481. The zero-order valence-corrected chi connectivity index (χ0v) is 15.2. The lowest BCUT2D eigenvalue weighted by Gasteiger charge is -2.19. The molecule has 1 unspecified atom stereocenters. The molecule has 0 bridgehead atoms. The van der Waals surface area contributed by atoms with Gasteiger partial charge in [0.1, 0.15) is 5.60 Å². The molecule has 0 aliphatic carbocycles. The molecule has 0 aliphatic rings. The number of carbonyl (C=O) groups excluding carboxylic acids is 1. The maximum Gasteiger partial charge on any atom is 0.407 e. The van der Waals surface area contributed by atoms with Gasteiger partial charge in [0.2, 0.25) is 0 Å². The third kappa shape index (κ3) is 9.95. The van der Waals surface area contributed by atoms with Crippen molar-refractivity contribution in [3.63, 3.8) is 0 Å². The number of alkyl carbamates (subject to hydrolysis) is 1. The molecule has 0 radical (unpaired) electrons. The summed E-state index contributed by atoms with van der Waals surface area (Å²) < 4.78 is 5.19. The van der Waals surface area contributed by atoms with E-state index < -0.39 is 5.60 Å². The molecule has 0 saturated heterocycles. The lowest BCUT2D eigenvalue weighted by Crippen LogP contribution is -2.35. The Labute approximate surface area is 141 Å². The highest BCUT2D eigenvalue weighted by atomic mass is 16.6. The first kappa shape index (κ1) is 19.5. The van der Waals surface area contributed by atoms with E-state index in [0.717, 1.165) is 25.8 Å². The lowest BCUT2D eigenvalue weighted by molar-refractivity contribution is 0.0527. The summed E-state index contributed by atoms with van der Waals surface area (Å²) in [5, 5.41) is 6.27. The van der Waals surface area contributed by atoms with Gasteiger partial charge in [0.05, 0.1) is 0 Å². The molecule has 23 heavy (non-hydrogen) atoms. The first-order valence-electron chi connectivity index (χ1n) is 8.52. The average molecular weight is 320 g/mol. The molecule has 0 aromatic heterocycles. The zero-order chi connectivity index (χ0) is 17.3. The van der Waals surface area contributed by atoms with Crippen LogP contribution in [0.1, 0.15) is 51.7 Å². The van der Waals surface area contributed by atoms with E-state index in [-0.39, 0.29) is 6.09 Å². The van der Waals surface area contributed by atoms with Gasteiger partial charge >= 0.3 is 6.09 Å². The Morgan fingerprint density at radius 3 is 2.65 bits per heavy atom. The van der Waals surface area contributed by atoms with Gasteiger partial charge in [-0.2, -0.15) is 0 Å². The Morgan fingerprint density at radius 2 is 2.00 bits per heavy atom. The summed E-state index contributed by atoms with van der Waals surface area (Å²) in [6.45, 7) is 11.5. The molecule has 1 atom stereocenters. The van der Waals surface area contributed by atoms with Crippen LogP contribution in [0.15, 0.2) is 24.3 Å². The van der Waals surface area contributed by atoms with E-state index in [1.54, 1.807) is 0 Å². The molecule has 1 rings (SSSR count). The summed E-state index contributed by atoms with van der Waals surface area (Å²) >= 11 is 0. The normalized spacial score (nSPS) is 12.7. The van der Waals surface area contributed by atoms with Gasteiger partial charge in [0.15, 0.2) is 0 Å². The predicted molar refractivity (Wildman–Crippen MR) is 95.8 cm³/mol. The van der Waals surface area contributed by atoms with E-state index in [0.29, 0.717) is 12.6 Å². The van der Waals surface area contributed by atoms with Gasteiger partial charge in [-0.1, -0.05) is 29.8 Å². The van der Waals surface area contributed by atoms with Crippen LogP contribution in [0.2, 0.25) is 0 Å². The number of hydrogen-bond donors (Lipinski definition) is 2. The number of carbonyl (C=O) groups is 1. The number of hydrogen-bond acceptors (Lipinski definition) is 3. The minimum atomic E-state index is -0.438. The summed E-state index contributed by atoms with van der Waals surface area (Å²) in [5.74, 6) is 0. The molecule has 0 fully saturated rings. The molecule has 4 heteroatoms. The van der Waals surface area contributed by atoms with Crippen LogP contribution >= 0.6 is 0 Å². The quantitative estimate of drug-likeness (QED) is 0.716. The average Bonchev–Trinajstić information content (AvgIpc) is 2.43. The zero-order valence-electron chi connectivity index (χ0n) is 15.2. The van der Waals surface area contributed by atoms with Crippen molar-refractivity contribution in [1.29, 1.82) is 0 Å². The van der Waals surface area contributed by atoms with Crippen molar-refractivity contribution in [3.05, 3.63) is 35.4 Å². The van der Waals surface area contributed by atoms with E-state index in [2.05, 4.69) is 48.7 Å². The Morgan fingerprint density at radius 1 is 1.26 bits per heavy atom. The van der Waals surface area contributed by atoms with Crippen LogP contribution in [-0.2, 0) is 11.2 Å². The molecule has 0 saturated carbocycles. The second-order valence-electron chi connectivity index (χ2n) is 7.17. The first-order chi connectivity index (χ1) is 10.8. The Balaban J connectivity index is 2.08. The summed E-state index contributed by atoms with van der Waals surface area (Å²) in [6, 6.07) is 9.15. The van der Waals surface area contributed by atoms with Crippen molar-refractivity contribution in [2.45, 2.75) is 65.5 Å². The fraction of sp³-hybridized carbons (Fsp3) is 0.632. The molecule has 0 spiro atoms. The molecule has 1 aromatic carbocycles. The molecule has 0 aliphatic heterocycles. The topological polar surface area (TPSA) is 50.4 Å². The lowest BCUT2D eigenvalue weighted by atomic mass is 10.0. The minimum absolute atomic E-state index is 0.343. The Kier molecular flexibility index (Phi) is 8.10. The van der Waals surface area contributed by atoms with Crippen LogP contribution in [0.5, 0.6) is 0 Å². The maximum atomic E-state index is 11.5. The van der Waals surface area contributed by atoms with Gasteiger partial charge in [-0.25, -0.2) is 4.79 Å². The van der Waals surface area contributed by atoms with E-state index in [9.17, 15) is 4.79 Å². The number of nitrogens with one attached hydrogen (secondary N) is 2. The Hall–Kier alpha value is -1.55. The molecule has 2 N–H and O–H groups in total. The first-order valence-corrected chi connectivity index (χ1v) is 8.52. The second kappa shape index (κ2) is 9.56. The highest BCUT2D eigenvalue weighted by Crippen LogP contribution is 2.08. The predicted octanol–water partition coefficient (Wildman–Crippen LogP) is 3.82. The van der Waals surface area contributed by atoms with Crippen molar-refractivity contribution in [2.75, 3.05) is 13.1 Å². The van der Waals surface area contributed by atoms with Gasteiger partial charge in [0, 0.05) is 12.6 Å². The smallest absolute Gasteiger partial charge is 0.407 e. The van der Waals surface area contributed by atoms with Crippen molar-refractivity contribution < 1.29 is 9.53 Å². The molecule has 1 aromatic rings. The molecular weight excluding hydrogens is 288 g/mol. The van der Waals surface area contributed by atoms with Crippen molar-refractivity contribution >= 4 is 6.09 Å². The monoisotopic (exact) mass is 320 g/mol. The highest BCUT2D eigenvalue weighted by Gasteiger charge is 2.15. The van der Waals surface area contributed by atoms with Gasteiger partial charge in [-0.15, -0.1) is 0 Å². The van der Waals surface area contributed by atoms with Gasteiger partial charge in [-0.05, 0) is 66.0 Å². The minimum Gasteiger partial charge on any atom is -0.444 e. The highest BCUT2D eigenvalue weighted by molar-refractivity contribution is 5.67. The van der Waals surface area contributed by atoms with Crippen LogP contribution in [0.25, 0.3) is 0 Å². The third-order valence-electron chi connectivity index (χ3n) is 3.46. The molecule has 130 valence electrons. The van der Waals surface area contributed by atoms with Crippen LogP contribution in [0, 0.1) is 6.92 Å². The van der Waals surface area contributed by atoms with Crippen molar-refractivity contribution in [2.24, 2.45) is 0 Å². The summed E-state index contributed by atoms with van der Waals surface area (Å²) in [5.41, 5.74) is 2.27. The van der Waals surface area contributed by atoms with Gasteiger partial charge < -0.3 is 15.4 Å². The summed E-state index contributed by atoms with van der Waals surface area (Å²) in [4.78, 5) is 11.5. The largest absolute Gasteiger partial charge is 0.444 e. The number of aryl methyl sites for hydroxylation is 2. The van der Waals surface area contributed by atoms with Crippen molar-refractivity contribution in [3.8, 4) is 0 Å². The van der Waals surface area contributed by atoms with Crippen LogP contribution in [0.3, 0.4) is 0 Å². The maximum absolute atomic E-state index is 11.5. The standard InChI is InChI=1S/C19H32N2O2/c1-15-8-6-9-17(14-15)11-10-16(2)20-12-7-13-21-18(22)23-19(3,4)5/h6,8-9,14,16,20H,7,10-13H2,1-5H3,(H,21,22). The number of amides is 1. The SMILES string of the molecule is Cc1cccc(CCC(C)NCCCNC(=O)OC(C)(C)C)c1. The fourth-order valence-corrected chi connectivity index (χ4v) is 2.29. The van der Waals surface area contributed by atoms with E-state index in [4.69, 9.17) is 4.74 Å². The van der Waals surface area contributed by atoms with Crippen LogP contribution in [-0.4, -0.2) is 30.8 Å². The van der Waals surface area contributed by atoms with E-state index in [1.807, 2.05) is 20.8 Å². The van der Waals surface area contributed by atoms with Gasteiger partial charge in [0.25, 0.3) is 0 Å². The van der Waals surface area contributed by atoms with Crippen LogP contribution < -0.4 is 10.6 Å². The van der Waals surface area contributed by atoms with E-state index in [1.165, 1.54) is 11.1 Å². The number of ether oxygens (including phenoxy) is 1. The van der Waals surface area contributed by atoms with Crippen LogP contribution in [0.4, 0.5) is 4.79 Å².